The summed E-state index contributed by atoms with van der Waals surface area (Å²) in [6, 6.07) is -0.936. The van der Waals surface area contributed by atoms with E-state index in [0.29, 0.717) is 17.5 Å². The Hall–Kier alpha value is -0.910. The number of rotatable bonds is 3. The molecule has 0 aromatic carbocycles. The molecule has 1 saturated carbocycles. The molecule has 1 atom stereocenters. The molecule has 17 heavy (non-hydrogen) atoms. The number of thioether (sulfide) groups is 1. The predicted octanol–water partition coefficient (Wildman–Crippen LogP) is 1.34. The van der Waals surface area contributed by atoms with Gasteiger partial charge in [0.1, 0.15) is 6.04 Å². The number of carboxylic acids is 1. The Morgan fingerprint density at radius 1 is 1.41 bits per heavy atom. The molecule has 1 aliphatic carbocycles. The molecule has 2 rings (SSSR count). The first-order valence-electron chi connectivity index (χ1n) is 5.81. The molecular weight excluding hydrogens is 240 g/mol. The van der Waals surface area contributed by atoms with Crippen molar-refractivity contribution in [1.82, 2.24) is 10.2 Å². The molecule has 6 heteroatoms. The van der Waals surface area contributed by atoms with E-state index < -0.39 is 12.0 Å². The van der Waals surface area contributed by atoms with E-state index in [0.717, 1.165) is 12.8 Å². The fraction of sp³-hybridized carbons (Fsp3) is 0.818. The van der Waals surface area contributed by atoms with E-state index in [1.807, 2.05) is 13.8 Å². The van der Waals surface area contributed by atoms with Crippen molar-refractivity contribution in [2.45, 2.75) is 38.3 Å². The molecule has 2 N–H and O–H groups in total. The van der Waals surface area contributed by atoms with Crippen LogP contribution in [-0.4, -0.2) is 45.2 Å². The summed E-state index contributed by atoms with van der Waals surface area (Å²) < 4.78 is 0. The lowest BCUT2D eigenvalue weighted by Gasteiger charge is -2.30. The lowest BCUT2D eigenvalue weighted by Crippen LogP contribution is -2.54. The van der Waals surface area contributed by atoms with Crippen molar-refractivity contribution in [1.29, 1.82) is 0 Å². The van der Waals surface area contributed by atoms with Crippen LogP contribution in [0.5, 0.6) is 0 Å². The number of carbonyl (C=O) groups excluding carboxylic acids is 1. The average molecular weight is 258 g/mol. The minimum atomic E-state index is -0.922. The van der Waals surface area contributed by atoms with Gasteiger partial charge in [-0.2, -0.15) is 0 Å². The van der Waals surface area contributed by atoms with E-state index >= 15 is 0 Å². The molecule has 1 aliphatic heterocycles. The number of nitrogens with zero attached hydrogens (tertiary/aromatic N) is 1. The Morgan fingerprint density at radius 2 is 2.06 bits per heavy atom. The van der Waals surface area contributed by atoms with Gasteiger partial charge in [0.05, 0.1) is 5.88 Å². The van der Waals surface area contributed by atoms with Crippen LogP contribution in [0.3, 0.4) is 0 Å². The van der Waals surface area contributed by atoms with Crippen LogP contribution in [0.2, 0.25) is 0 Å². The summed E-state index contributed by atoms with van der Waals surface area (Å²) in [5.74, 6) is 0.551. The first kappa shape index (κ1) is 12.5. The molecule has 0 aromatic heterocycles. The van der Waals surface area contributed by atoms with Gasteiger partial charge in [0, 0.05) is 11.3 Å². The molecule has 0 radical (unpaired) electrons. The van der Waals surface area contributed by atoms with E-state index in [2.05, 4.69) is 5.32 Å². The standard InChI is InChI=1S/C11H18N2O3S/c1-11(2,7-3-4-7)12-10(16)13-6-17-5-8(13)9(14)15/h7-8H,3-6H2,1-2H3,(H,12,16)(H,14,15)/t8-/m0/s1. The summed E-state index contributed by atoms with van der Waals surface area (Å²) >= 11 is 1.48. The lowest BCUT2D eigenvalue weighted by atomic mass is 9.99. The molecule has 1 saturated heterocycles. The molecule has 2 aliphatic rings. The number of hydrogen-bond acceptors (Lipinski definition) is 3. The van der Waals surface area contributed by atoms with Crippen molar-refractivity contribution >= 4 is 23.8 Å². The van der Waals surface area contributed by atoms with Gasteiger partial charge >= 0.3 is 12.0 Å². The minimum Gasteiger partial charge on any atom is -0.480 e. The monoisotopic (exact) mass is 258 g/mol. The fourth-order valence-electron chi connectivity index (χ4n) is 2.10. The number of nitrogens with one attached hydrogen (secondary N) is 1. The molecule has 0 spiro atoms. The van der Waals surface area contributed by atoms with Gasteiger partial charge in [-0.3, -0.25) is 0 Å². The second-order valence-electron chi connectivity index (χ2n) is 5.25. The van der Waals surface area contributed by atoms with Gasteiger partial charge in [0.15, 0.2) is 0 Å². The Labute approximate surface area is 105 Å². The Bertz CT molecular complexity index is 342. The molecule has 0 unspecified atom stereocenters. The van der Waals surface area contributed by atoms with Crippen molar-refractivity contribution in [3.8, 4) is 0 Å². The third-order valence-electron chi connectivity index (χ3n) is 3.46. The van der Waals surface area contributed by atoms with Crippen LogP contribution in [0.4, 0.5) is 4.79 Å². The zero-order valence-corrected chi connectivity index (χ0v) is 10.9. The summed E-state index contributed by atoms with van der Waals surface area (Å²) in [6.07, 6.45) is 2.29. The highest BCUT2D eigenvalue weighted by atomic mass is 32.2. The summed E-state index contributed by atoms with van der Waals surface area (Å²) in [5.41, 5.74) is -0.229. The first-order chi connectivity index (χ1) is 7.92. The average Bonchev–Trinajstić information content (AvgIpc) is 2.95. The zero-order valence-electron chi connectivity index (χ0n) is 10.1. The Kier molecular flexibility index (Phi) is 3.25. The molecule has 1 heterocycles. The van der Waals surface area contributed by atoms with E-state index in [1.165, 1.54) is 16.7 Å². The van der Waals surface area contributed by atoms with Crippen molar-refractivity contribution < 1.29 is 14.7 Å². The minimum absolute atomic E-state index is 0.229. The highest BCUT2D eigenvalue weighted by Crippen LogP contribution is 2.39. The summed E-state index contributed by atoms with van der Waals surface area (Å²) in [7, 11) is 0. The highest BCUT2D eigenvalue weighted by Gasteiger charge is 2.42. The molecular formula is C11H18N2O3S. The smallest absolute Gasteiger partial charge is 0.327 e. The van der Waals surface area contributed by atoms with Crippen LogP contribution in [-0.2, 0) is 4.79 Å². The number of carboxylic acid groups (broad SMARTS) is 1. The predicted molar refractivity (Wildman–Crippen MR) is 65.9 cm³/mol. The summed E-state index contributed by atoms with van der Waals surface area (Å²) in [6.45, 7) is 4.00. The Morgan fingerprint density at radius 3 is 2.59 bits per heavy atom. The number of hydrogen-bond donors (Lipinski definition) is 2. The van der Waals surface area contributed by atoms with Gasteiger partial charge in [-0.15, -0.1) is 11.8 Å². The normalized spacial score (nSPS) is 24.8. The van der Waals surface area contributed by atoms with Crippen LogP contribution >= 0.6 is 11.8 Å². The lowest BCUT2D eigenvalue weighted by molar-refractivity contribution is -0.140. The van der Waals surface area contributed by atoms with Gasteiger partial charge in [-0.1, -0.05) is 0 Å². The van der Waals surface area contributed by atoms with Crippen LogP contribution in [0.25, 0.3) is 0 Å². The molecule has 0 aromatic rings. The van der Waals surface area contributed by atoms with Crippen molar-refractivity contribution in [2.75, 3.05) is 11.6 Å². The number of amides is 2. The maximum Gasteiger partial charge on any atom is 0.327 e. The van der Waals surface area contributed by atoms with Crippen LogP contribution in [0.1, 0.15) is 26.7 Å². The molecule has 2 amide bonds. The fourth-order valence-corrected chi connectivity index (χ4v) is 3.25. The number of urea groups is 1. The topological polar surface area (TPSA) is 69.6 Å². The van der Waals surface area contributed by atoms with Gasteiger partial charge in [-0.25, -0.2) is 9.59 Å². The van der Waals surface area contributed by atoms with E-state index in [1.54, 1.807) is 0 Å². The van der Waals surface area contributed by atoms with Gasteiger partial charge < -0.3 is 15.3 Å². The summed E-state index contributed by atoms with van der Waals surface area (Å²) in [4.78, 5) is 24.5. The summed E-state index contributed by atoms with van der Waals surface area (Å²) in [5, 5.41) is 12.0. The van der Waals surface area contributed by atoms with Crippen molar-refractivity contribution in [2.24, 2.45) is 5.92 Å². The van der Waals surface area contributed by atoms with E-state index in [-0.39, 0.29) is 11.6 Å². The van der Waals surface area contributed by atoms with Crippen LogP contribution < -0.4 is 5.32 Å². The number of carbonyl (C=O) groups is 2. The molecule has 5 nitrogen and oxygen atoms in total. The zero-order chi connectivity index (χ0) is 12.6. The molecule has 96 valence electrons. The van der Waals surface area contributed by atoms with Gasteiger partial charge in [-0.05, 0) is 32.6 Å². The molecule has 0 bridgehead atoms. The largest absolute Gasteiger partial charge is 0.480 e. The number of aliphatic carboxylic acids is 1. The maximum atomic E-state index is 12.0. The van der Waals surface area contributed by atoms with Crippen molar-refractivity contribution in [3.63, 3.8) is 0 Å². The Balaban J connectivity index is 1.97. The second kappa shape index (κ2) is 4.40. The second-order valence-corrected chi connectivity index (χ2v) is 6.25. The highest BCUT2D eigenvalue weighted by molar-refractivity contribution is 7.99. The van der Waals surface area contributed by atoms with Gasteiger partial charge in [0.25, 0.3) is 0 Å². The maximum absolute atomic E-state index is 12.0. The van der Waals surface area contributed by atoms with E-state index in [9.17, 15) is 9.59 Å². The third kappa shape index (κ3) is 2.68. The van der Waals surface area contributed by atoms with Crippen LogP contribution in [0.15, 0.2) is 0 Å². The first-order valence-corrected chi connectivity index (χ1v) is 6.96. The molecule has 2 fully saturated rings. The van der Waals surface area contributed by atoms with Crippen molar-refractivity contribution in [3.05, 3.63) is 0 Å². The SMILES string of the molecule is CC(C)(NC(=O)N1CSC[C@H]1C(=O)O)C1CC1. The van der Waals surface area contributed by atoms with Crippen LogP contribution in [0, 0.1) is 5.92 Å². The van der Waals surface area contributed by atoms with Gasteiger partial charge in [0.2, 0.25) is 0 Å². The van der Waals surface area contributed by atoms with E-state index in [4.69, 9.17) is 5.11 Å². The third-order valence-corrected chi connectivity index (χ3v) is 4.47. The quantitative estimate of drug-likeness (QED) is 0.801.